The van der Waals surface area contributed by atoms with Crippen molar-refractivity contribution < 1.29 is 9.53 Å². The lowest BCUT2D eigenvalue weighted by Crippen LogP contribution is -2.54. The SMILES string of the molecule is CNC(CCOC(C)=O)CC(C)(NC)NC. The third-order valence-corrected chi connectivity index (χ3v) is 2.94. The molecule has 0 aliphatic rings. The minimum atomic E-state index is -0.222. The summed E-state index contributed by atoms with van der Waals surface area (Å²) in [5, 5.41) is 9.70. The third kappa shape index (κ3) is 6.05. The minimum Gasteiger partial charge on any atom is -0.466 e. The average molecular weight is 231 g/mol. The highest BCUT2D eigenvalue weighted by atomic mass is 16.5. The average Bonchev–Trinajstić information content (AvgIpc) is 2.27. The van der Waals surface area contributed by atoms with Crippen LogP contribution in [0.4, 0.5) is 0 Å². The van der Waals surface area contributed by atoms with Crippen molar-refractivity contribution in [3.05, 3.63) is 0 Å². The molecular formula is C11H25N3O2. The largest absolute Gasteiger partial charge is 0.466 e. The molecule has 0 radical (unpaired) electrons. The molecule has 1 unspecified atom stereocenters. The summed E-state index contributed by atoms with van der Waals surface area (Å²) in [6.07, 6.45) is 1.73. The molecule has 1 atom stereocenters. The Morgan fingerprint density at radius 2 is 1.88 bits per heavy atom. The second-order valence-electron chi connectivity index (χ2n) is 4.15. The zero-order chi connectivity index (χ0) is 12.6. The Bertz CT molecular complexity index is 205. The first-order chi connectivity index (χ1) is 7.47. The van der Waals surface area contributed by atoms with E-state index in [1.165, 1.54) is 6.92 Å². The van der Waals surface area contributed by atoms with Gasteiger partial charge in [-0.15, -0.1) is 0 Å². The van der Waals surface area contributed by atoms with Crippen LogP contribution in [0.2, 0.25) is 0 Å². The molecule has 0 fully saturated rings. The maximum atomic E-state index is 10.6. The third-order valence-electron chi connectivity index (χ3n) is 2.94. The van der Waals surface area contributed by atoms with Crippen molar-refractivity contribution in [2.75, 3.05) is 27.7 Å². The van der Waals surface area contributed by atoms with E-state index in [2.05, 4.69) is 22.9 Å². The summed E-state index contributed by atoms with van der Waals surface area (Å²) < 4.78 is 4.94. The van der Waals surface area contributed by atoms with Crippen LogP contribution in [-0.2, 0) is 9.53 Å². The van der Waals surface area contributed by atoms with Crippen LogP contribution in [0.3, 0.4) is 0 Å². The van der Waals surface area contributed by atoms with Gasteiger partial charge in [-0.05, 0) is 40.9 Å². The molecule has 96 valence electrons. The highest BCUT2D eigenvalue weighted by Gasteiger charge is 2.23. The summed E-state index contributed by atoms with van der Waals surface area (Å²) in [5.74, 6) is -0.222. The van der Waals surface area contributed by atoms with Crippen LogP contribution >= 0.6 is 0 Å². The lowest BCUT2D eigenvalue weighted by molar-refractivity contribution is -0.141. The molecule has 0 saturated heterocycles. The van der Waals surface area contributed by atoms with E-state index in [4.69, 9.17) is 4.74 Å². The fraction of sp³-hybridized carbons (Fsp3) is 0.909. The van der Waals surface area contributed by atoms with Gasteiger partial charge >= 0.3 is 5.97 Å². The first-order valence-corrected chi connectivity index (χ1v) is 5.66. The van der Waals surface area contributed by atoms with Gasteiger partial charge in [0.25, 0.3) is 0 Å². The van der Waals surface area contributed by atoms with E-state index in [-0.39, 0.29) is 11.6 Å². The van der Waals surface area contributed by atoms with E-state index in [0.29, 0.717) is 12.6 Å². The highest BCUT2D eigenvalue weighted by Crippen LogP contribution is 2.10. The molecule has 0 aliphatic carbocycles. The van der Waals surface area contributed by atoms with E-state index < -0.39 is 0 Å². The molecule has 0 heterocycles. The van der Waals surface area contributed by atoms with Crippen LogP contribution in [0.1, 0.15) is 26.7 Å². The van der Waals surface area contributed by atoms with Crippen molar-refractivity contribution in [2.45, 2.75) is 38.4 Å². The summed E-state index contributed by atoms with van der Waals surface area (Å²) in [6.45, 7) is 3.99. The number of carbonyl (C=O) groups is 1. The van der Waals surface area contributed by atoms with Gasteiger partial charge in [0.05, 0.1) is 12.3 Å². The fourth-order valence-electron chi connectivity index (χ4n) is 1.52. The Labute approximate surface area is 98.3 Å². The summed E-state index contributed by atoms with van der Waals surface area (Å²) in [4.78, 5) is 10.6. The van der Waals surface area contributed by atoms with Crippen molar-refractivity contribution in [3.63, 3.8) is 0 Å². The Hall–Kier alpha value is -0.650. The quantitative estimate of drug-likeness (QED) is 0.408. The van der Waals surface area contributed by atoms with Gasteiger partial charge in [-0.2, -0.15) is 0 Å². The van der Waals surface area contributed by atoms with Gasteiger partial charge in [0.15, 0.2) is 0 Å². The van der Waals surface area contributed by atoms with Gasteiger partial charge in [-0.3, -0.25) is 4.79 Å². The molecule has 0 aliphatic heterocycles. The molecule has 0 saturated carbocycles. The van der Waals surface area contributed by atoms with Gasteiger partial charge < -0.3 is 20.7 Å². The standard InChI is InChI=1S/C11H25N3O2/c1-9(15)16-7-6-10(12-3)8-11(2,13-4)14-5/h10,12-14H,6-8H2,1-5H3. The number of carbonyl (C=O) groups excluding carboxylic acids is 1. The highest BCUT2D eigenvalue weighted by molar-refractivity contribution is 5.65. The van der Waals surface area contributed by atoms with Crippen molar-refractivity contribution in [3.8, 4) is 0 Å². The van der Waals surface area contributed by atoms with E-state index in [1.54, 1.807) is 0 Å². The van der Waals surface area contributed by atoms with Crippen molar-refractivity contribution in [1.82, 2.24) is 16.0 Å². The van der Waals surface area contributed by atoms with Gasteiger partial charge in [-0.1, -0.05) is 0 Å². The number of nitrogens with one attached hydrogen (secondary N) is 3. The van der Waals surface area contributed by atoms with Crippen LogP contribution in [0.25, 0.3) is 0 Å². The minimum absolute atomic E-state index is 0.107. The lowest BCUT2D eigenvalue weighted by Gasteiger charge is -2.32. The summed E-state index contributed by atoms with van der Waals surface area (Å²) in [5.41, 5.74) is -0.107. The number of ether oxygens (including phenoxy) is 1. The Morgan fingerprint density at radius 3 is 2.25 bits per heavy atom. The number of hydrogen-bond donors (Lipinski definition) is 3. The Morgan fingerprint density at radius 1 is 1.31 bits per heavy atom. The predicted molar refractivity (Wildman–Crippen MR) is 65.2 cm³/mol. The van der Waals surface area contributed by atoms with Crippen LogP contribution < -0.4 is 16.0 Å². The first kappa shape index (κ1) is 15.3. The van der Waals surface area contributed by atoms with E-state index >= 15 is 0 Å². The maximum Gasteiger partial charge on any atom is 0.302 e. The van der Waals surface area contributed by atoms with Crippen molar-refractivity contribution in [1.29, 1.82) is 0 Å². The van der Waals surface area contributed by atoms with Crippen molar-refractivity contribution >= 4 is 5.97 Å². The molecule has 0 aromatic rings. The van der Waals surface area contributed by atoms with Gasteiger partial charge in [0, 0.05) is 13.0 Å². The molecule has 0 aromatic carbocycles. The molecule has 5 heteroatoms. The zero-order valence-electron chi connectivity index (χ0n) is 11.0. The van der Waals surface area contributed by atoms with Gasteiger partial charge in [-0.25, -0.2) is 0 Å². The molecule has 3 N–H and O–H groups in total. The first-order valence-electron chi connectivity index (χ1n) is 5.66. The van der Waals surface area contributed by atoms with Crippen LogP contribution in [0, 0.1) is 0 Å². The smallest absolute Gasteiger partial charge is 0.302 e. The Kier molecular flexibility index (Phi) is 7.29. The molecule has 16 heavy (non-hydrogen) atoms. The summed E-state index contributed by atoms with van der Waals surface area (Å²) in [7, 11) is 5.77. The van der Waals surface area contributed by atoms with Crippen molar-refractivity contribution in [2.24, 2.45) is 0 Å². The number of esters is 1. The van der Waals surface area contributed by atoms with Gasteiger partial charge in [0.1, 0.15) is 0 Å². The van der Waals surface area contributed by atoms with Gasteiger partial charge in [0.2, 0.25) is 0 Å². The molecule has 5 nitrogen and oxygen atoms in total. The molecule has 0 spiro atoms. The maximum absolute atomic E-state index is 10.6. The fourth-order valence-corrected chi connectivity index (χ4v) is 1.52. The molecule has 0 bridgehead atoms. The number of rotatable bonds is 8. The van der Waals surface area contributed by atoms with E-state index in [9.17, 15) is 4.79 Å². The molecule has 0 rings (SSSR count). The zero-order valence-corrected chi connectivity index (χ0v) is 11.0. The number of hydrogen-bond acceptors (Lipinski definition) is 5. The lowest BCUT2D eigenvalue weighted by atomic mass is 10.00. The van der Waals surface area contributed by atoms with Crippen LogP contribution in [-0.4, -0.2) is 45.4 Å². The van der Waals surface area contributed by atoms with Crippen LogP contribution in [0.15, 0.2) is 0 Å². The van der Waals surface area contributed by atoms with E-state index in [1.807, 2.05) is 21.1 Å². The topological polar surface area (TPSA) is 62.4 Å². The summed E-state index contributed by atoms with van der Waals surface area (Å²) >= 11 is 0. The molecular weight excluding hydrogens is 206 g/mol. The normalized spacial score (nSPS) is 13.6. The van der Waals surface area contributed by atoms with Crippen LogP contribution in [0.5, 0.6) is 0 Å². The second-order valence-corrected chi connectivity index (χ2v) is 4.15. The molecule has 0 aromatic heterocycles. The Balaban J connectivity index is 4.03. The summed E-state index contributed by atoms with van der Waals surface area (Å²) in [6, 6.07) is 0.309. The predicted octanol–water partition coefficient (Wildman–Crippen LogP) is 0.0727. The molecule has 0 amide bonds. The second kappa shape index (κ2) is 7.60. The monoisotopic (exact) mass is 231 g/mol. The van der Waals surface area contributed by atoms with E-state index in [0.717, 1.165) is 12.8 Å².